The predicted octanol–water partition coefficient (Wildman–Crippen LogP) is 3.06. The largest absolute Gasteiger partial charge is 0.453 e. The van der Waals surface area contributed by atoms with E-state index >= 15 is 0 Å². The molecule has 5 heteroatoms. The van der Waals surface area contributed by atoms with Gasteiger partial charge in [-0.25, -0.2) is 4.79 Å². The van der Waals surface area contributed by atoms with E-state index in [1.54, 1.807) is 0 Å². The summed E-state index contributed by atoms with van der Waals surface area (Å²) in [5.74, 6) is 0.0302. The summed E-state index contributed by atoms with van der Waals surface area (Å²) in [5, 5.41) is 2.65. The highest BCUT2D eigenvalue weighted by Crippen LogP contribution is 2.24. The number of benzene rings is 2. The smallest absolute Gasteiger partial charge is 0.411 e. The molecule has 1 aliphatic rings. The number of rotatable bonds is 2. The Kier molecular flexibility index (Phi) is 4.28. The van der Waals surface area contributed by atoms with Crippen LogP contribution in [-0.4, -0.2) is 30.6 Å². The van der Waals surface area contributed by atoms with Gasteiger partial charge in [0, 0.05) is 24.3 Å². The molecule has 118 valence electrons. The molecule has 2 amide bonds. The average Bonchev–Trinajstić information content (AvgIpc) is 2.61. The fraction of sp³-hybridized carbons (Fsp3) is 0.222. The zero-order valence-electron chi connectivity index (χ0n) is 12.9. The van der Waals surface area contributed by atoms with Crippen LogP contribution in [0.5, 0.6) is 0 Å². The monoisotopic (exact) mass is 310 g/mol. The van der Waals surface area contributed by atoms with Gasteiger partial charge in [0.1, 0.15) is 0 Å². The number of methoxy groups -OCH3 is 1. The number of carbonyl (C=O) groups is 2. The molecule has 0 aromatic heterocycles. The number of fused-ring (bicyclic) bond motifs is 1. The number of anilines is 1. The van der Waals surface area contributed by atoms with Crippen molar-refractivity contribution in [2.45, 2.75) is 13.0 Å². The van der Waals surface area contributed by atoms with Crippen LogP contribution in [0.1, 0.15) is 21.5 Å². The summed E-state index contributed by atoms with van der Waals surface area (Å²) < 4.78 is 4.60. The summed E-state index contributed by atoms with van der Waals surface area (Å²) in [4.78, 5) is 25.7. The Morgan fingerprint density at radius 1 is 1.09 bits per heavy atom. The third-order valence-electron chi connectivity index (χ3n) is 3.96. The Morgan fingerprint density at radius 2 is 1.87 bits per heavy atom. The molecule has 3 rings (SSSR count). The number of ether oxygens (including phenoxy) is 1. The minimum Gasteiger partial charge on any atom is -0.453 e. The number of nitrogens with one attached hydrogen (secondary N) is 1. The molecule has 1 aliphatic heterocycles. The van der Waals surface area contributed by atoms with Crippen LogP contribution in [0, 0.1) is 0 Å². The van der Waals surface area contributed by atoms with Crippen molar-refractivity contribution in [1.82, 2.24) is 4.90 Å². The maximum Gasteiger partial charge on any atom is 0.411 e. The second kappa shape index (κ2) is 6.52. The zero-order chi connectivity index (χ0) is 16.2. The van der Waals surface area contributed by atoms with Crippen LogP contribution >= 0.6 is 0 Å². The highest BCUT2D eigenvalue weighted by Gasteiger charge is 2.22. The molecule has 0 saturated heterocycles. The number of amides is 2. The molecule has 1 N–H and O–H groups in total. The lowest BCUT2D eigenvalue weighted by molar-refractivity contribution is 0.0734. The van der Waals surface area contributed by atoms with Crippen molar-refractivity contribution >= 4 is 17.7 Å². The molecule has 0 saturated carbocycles. The first kappa shape index (κ1) is 15.1. The van der Waals surface area contributed by atoms with Crippen LogP contribution in [0.4, 0.5) is 10.5 Å². The predicted molar refractivity (Wildman–Crippen MR) is 87.4 cm³/mol. The van der Waals surface area contributed by atoms with Gasteiger partial charge in [-0.3, -0.25) is 10.1 Å². The van der Waals surface area contributed by atoms with E-state index in [0.29, 0.717) is 24.3 Å². The Bertz CT molecular complexity index is 728. The van der Waals surface area contributed by atoms with Gasteiger partial charge in [0.2, 0.25) is 0 Å². The first-order chi connectivity index (χ1) is 11.2. The summed E-state index contributed by atoms with van der Waals surface area (Å²) in [6, 6.07) is 15.0. The fourth-order valence-corrected chi connectivity index (χ4v) is 2.74. The lowest BCUT2D eigenvalue weighted by atomic mass is 9.98. The molecule has 23 heavy (non-hydrogen) atoms. The van der Waals surface area contributed by atoms with Gasteiger partial charge in [-0.1, -0.05) is 24.3 Å². The topological polar surface area (TPSA) is 58.6 Å². The number of hydrogen-bond donors (Lipinski definition) is 1. The maximum atomic E-state index is 12.6. The highest BCUT2D eigenvalue weighted by atomic mass is 16.5. The number of nitrogens with zero attached hydrogens (tertiary/aromatic N) is 1. The molecule has 0 bridgehead atoms. The highest BCUT2D eigenvalue weighted by molar-refractivity contribution is 5.94. The van der Waals surface area contributed by atoms with Gasteiger partial charge in [-0.2, -0.15) is 0 Å². The van der Waals surface area contributed by atoms with Crippen molar-refractivity contribution in [2.75, 3.05) is 19.0 Å². The van der Waals surface area contributed by atoms with Crippen LogP contribution < -0.4 is 5.32 Å². The van der Waals surface area contributed by atoms with Crippen molar-refractivity contribution in [2.24, 2.45) is 0 Å². The van der Waals surface area contributed by atoms with Crippen molar-refractivity contribution < 1.29 is 14.3 Å². The molecule has 0 unspecified atom stereocenters. The Hall–Kier alpha value is -2.82. The number of carbonyl (C=O) groups excluding carboxylic acids is 2. The summed E-state index contributed by atoms with van der Waals surface area (Å²) >= 11 is 0. The lowest BCUT2D eigenvalue weighted by Crippen LogP contribution is -2.36. The molecule has 0 spiro atoms. The summed E-state index contributed by atoms with van der Waals surface area (Å²) in [6.45, 7) is 1.24. The minimum absolute atomic E-state index is 0.0302. The molecular formula is C18H18N2O3. The minimum atomic E-state index is -0.502. The maximum absolute atomic E-state index is 12.6. The summed E-state index contributed by atoms with van der Waals surface area (Å²) in [6.07, 6.45) is 0.310. The quantitative estimate of drug-likeness (QED) is 0.927. The third kappa shape index (κ3) is 3.34. The van der Waals surface area contributed by atoms with Crippen molar-refractivity contribution in [3.8, 4) is 0 Å². The molecule has 0 aliphatic carbocycles. The van der Waals surface area contributed by atoms with Gasteiger partial charge in [-0.05, 0) is 41.8 Å². The average molecular weight is 310 g/mol. The van der Waals surface area contributed by atoms with Crippen LogP contribution in [0.2, 0.25) is 0 Å². The Morgan fingerprint density at radius 3 is 2.61 bits per heavy atom. The normalized spacial score (nSPS) is 13.2. The first-order valence-corrected chi connectivity index (χ1v) is 7.48. The van der Waals surface area contributed by atoms with Crippen LogP contribution in [0.15, 0.2) is 48.5 Å². The van der Waals surface area contributed by atoms with E-state index in [1.165, 1.54) is 12.7 Å². The van der Waals surface area contributed by atoms with Gasteiger partial charge >= 0.3 is 6.09 Å². The first-order valence-electron chi connectivity index (χ1n) is 7.48. The van der Waals surface area contributed by atoms with E-state index in [9.17, 15) is 9.59 Å². The Labute approximate surface area is 134 Å². The van der Waals surface area contributed by atoms with Gasteiger partial charge < -0.3 is 9.64 Å². The van der Waals surface area contributed by atoms with Gasteiger partial charge in [0.25, 0.3) is 5.91 Å². The Balaban J connectivity index is 1.78. The number of hydrogen-bond acceptors (Lipinski definition) is 3. The van der Waals surface area contributed by atoms with Gasteiger partial charge in [0.15, 0.2) is 0 Å². The van der Waals surface area contributed by atoms with E-state index in [2.05, 4.69) is 10.1 Å². The van der Waals surface area contributed by atoms with Crippen molar-refractivity contribution in [3.05, 3.63) is 65.2 Å². The lowest BCUT2D eigenvalue weighted by Gasteiger charge is -2.29. The van der Waals surface area contributed by atoms with Crippen molar-refractivity contribution in [1.29, 1.82) is 0 Å². The SMILES string of the molecule is COC(=O)Nc1ccc2c(c1)CN(C(=O)c1ccccc1)CC2. The molecule has 2 aromatic carbocycles. The molecule has 0 fully saturated rings. The van der Waals surface area contributed by atoms with E-state index in [1.807, 2.05) is 53.4 Å². The molecular weight excluding hydrogens is 292 g/mol. The molecule has 1 heterocycles. The molecule has 0 atom stereocenters. The van der Waals surface area contributed by atoms with Gasteiger partial charge in [0.05, 0.1) is 7.11 Å². The molecule has 5 nitrogen and oxygen atoms in total. The molecule has 2 aromatic rings. The van der Waals surface area contributed by atoms with Crippen LogP contribution in [0.3, 0.4) is 0 Å². The summed E-state index contributed by atoms with van der Waals surface area (Å²) in [7, 11) is 1.33. The van der Waals surface area contributed by atoms with Crippen molar-refractivity contribution in [3.63, 3.8) is 0 Å². The zero-order valence-corrected chi connectivity index (χ0v) is 12.9. The van der Waals surface area contributed by atoms with E-state index < -0.39 is 6.09 Å². The van der Waals surface area contributed by atoms with E-state index in [-0.39, 0.29) is 5.91 Å². The standard InChI is InChI=1S/C18H18N2O3/c1-23-18(22)19-16-8-7-13-9-10-20(12-15(13)11-16)17(21)14-5-3-2-4-6-14/h2-8,11H,9-10,12H2,1H3,(H,19,22). The third-order valence-corrected chi connectivity index (χ3v) is 3.96. The fourth-order valence-electron chi connectivity index (χ4n) is 2.74. The second-order valence-electron chi connectivity index (χ2n) is 5.44. The second-order valence-corrected chi connectivity index (χ2v) is 5.44. The van der Waals surface area contributed by atoms with E-state index in [4.69, 9.17) is 0 Å². The van der Waals surface area contributed by atoms with Crippen LogP contribution in [-0.2, 0) is 17.7 Å². The van der Waals surface area contributed by atoms with Crippen LogP contribution in [0.25, 0.3) is 0 Å². The molecule has 0 radical (unpaired) electrons. The summed E-state index contributed by atoms with van der Waals surface area (Å²) in [5.41, 5.74) is 3.62. The van der Waals surface area contributed by atoms with Gasteiger partial charge in [-0.15, -0.1) is 0 Å². The van der Waals surface area contributed by atoms with E-state index in [0.717, 1.165) is 12.0 Å².